The van der Waals surface area contributed by atoms with Crippen LogP contribution >= 0.6 is 15.9 Å². The zero-order valence-electron chi connectivity index (χ0n) is 11.0. The molecule has 2 aromatic carbocycles. The van der Waals surface area contributed by atoms with Crippen molar-refractivity contribution in [1.29, 1.82) is 0 Å². The summed E-state index contributed by atoms with van der Waals surface area (Å²) >= 11 is 3.37. The van der Waals surface area contributed by atoms with Crippen molar-refractivity contribution in [2.75, 3.05) is 0 Å². The van der Waals surface area contributed by atoms with E-state index in [2.05, 4.69) is 26.1 Å². The van der Waals surface area contributed by atoms with Gasteiger partial charge in [-0.1, -0.05) is 18.2 Å². The molecule has 4 nitrogen and oxygen atoms in total. The van der Waals surface area contributed by atoms with Gasteiger partial charge in [-0.2, -0.15) is 0 Å². The first kappa shape index (κ1) is 13.9. The van der Waals surface area contributed by atoms with Gasteiger partial charge in [0, 0.05) is 15.7 Å². The fourth-order valence-electron chi connectivity index (χ4n) is 2.14. The quantitative estimate of drug-likeness (QED) is 0.791. The summed E-state index contributed by atoms with van der Waals surface area (Å²) in [6.45, 7) is 0.265. The molecule has 0 saturated carbocycles. The van der Waals surface area contributed by atoms with Crippen LogP contribution in [-0.2, 0) is 6.54 Å². The summed E-state index contributed by atoms with van der Waals surface area (Å²) < 4.78 is 15.8. The summed E-state index contributed by atoms with van der Waals surface area (Å²) in [5, 5.41) is 8.33. The Balaban J connectivity index is 2.22. The molecule has 0 bridgehead atoms. The summed E-state index contributed by atoms with van der Waals surface area (Å²) in [5.41, 5.74) is 7.41. The standard InChI is InChI=1S/C15H12BrFN4/c16-13-8-10(17)6-7-12(13)15-20-19-14(9-18)21(15)11-4-2-1-3-5-11/h1-8H,9,18H2. The predicted molar refractivity (Wildman–Crippen MR) is 82.3 cm³/mol. The van der Waals surface area contributed by atoms with E-state index >= 15 is 0 Å². The van der Waals surface area contributed by atoms with Crippen molar-refractivity contribution in [2.24, 2.45) is 5.73 Å². The van der Waals surface area contributed by atoms with Crippen LogP contribution in [0.2, 0.25) is 0 Å². The molecule has 0 unspecified atom stereocenters. The second-order valence-corrected chi connectivity index (χ2v) is 5.29. The molecule has 0 spiro atoms. The second kappa shape index (κ2) is 5.75. The molecule has 0 aliphatic carbocycles. The summed E-state index contributed by atoms with van der Waals surface area (Å²) in [6, 6.07) is 14.2. The molecular weight excluding hydrogens is 335 g/mol. The highest BCUT2D eigenvalue weighted by Crippen LogP contribution is 2.29. The average Bonchev–Trinajstić information content (AvgIpc) is 2.92. The van der Waals surface area contributed by atoms with Gasteiger partial charge in [-0.3, -0.25) is 4.57 Å². The molecular formula is C15H12BrFN4. The van der Waals surface area contributed by atoms with Crippen molar-refractivity contribution in [3.63, 3.8) is 0 Å². The average molecular weight is 347 g/mol. The zero-order valence-corrected chi connectivity index (χ0v) is 12.6. The van der Waals surface area contributed by atoms with Crippen LogP contribution in [0.4, 0.5) is 4.39 Å². The Morgan fingerprint density at radius 3 is 2.52 bits per heavy atom. The first-order valence-corrected chi connectivity index (χ1v) is 7.15. The van der Waals surface area contributed by atoms with Gasteiger partial charge in [-0.15, -0.1) is 10.2 Å². The number of rotatable bonds is 3. The molecule has 106 valence electrons. The highest BCUT2D eigenvalue weighted by atomic mass is 79.9. The Morgan fingerprint density at radius 2 is 1.86 bits per heavy atom. The Kier molecular flexibility index (Phi) is 3.81. The van der Waals surface area contributed by atoms with Gasteiger partial charge in [-0.05, 0) is 46.3 Å². The molecule has 0 aliphatic rings. The van der Waals surface area contributed by atoms with E-state index in [4.69, 9.17) is 5.73 Å². The maximum Gasteiger partial charge on any atom is 0.169 e. The second-order valence-electron chi connectivity index (χ2n) is 4.44. The molecule has 21 heavy (non-hydrogen) atoms. The van der Waals surface area contributed by atoms with Crippen molar-refractivity contribution in [1.82, 2.24) is 14.8 Å². The van der Waals surface area contributed by atoms with E-state index in [1.165, 1.54) is 12.1 Å². The molecule has 3 rings (SSSR count). The lowest BCUT2D eigenvalue weighted by molar-refractivity contribution is 0.627. The normalized spacial score (nSPS) is 10.8. The van der Waals surface area contributed by atoms with Crippen LogP contribution in [0, 0.1) is 5.82 Å². The maximum atomic E-state index is 13.3. The van der Waals surface area contributed by atoms with Gasteiger partial charge in [0.1, 0.15) is 5.82 Å². The lowest BCUT2D eigenvalue weighted by Gasteiger charge is -2.10. The first-order valence-electron chi connectivity index (χ1n) is 6.36. The number of benzene rings is 2. The number of hydrogen-bond donors (Lipinski definition) is 1. The Hall–Kier alpha value is -2.05. The predicted octanol–water partition coefficient (Wildman–Crippen LogP) is 3.29. The number of nitrogens with zero attached hydrogens (tertiary/aromatic N) is 3. The largest absolute Gasteiger partial charge is 0.324 e. The summed E-state index contributed by atoms with van der Waals surface area (Å²) in [7, 11) is 0. The molecule has 3 aromatic rings. The Labute approximate surface area is 129 Å². The van der Waals surface area contributed by atoms with E-state index in [-0.39, 0.29) is 12.4 Å². The van der Waals surface area contributed by atoms with Gasteiger partial charge in [0.05, 0.1) is 6.54 Å². The molecule has 6 heteroatoms. The number of aromatic nitrogens is 3. The lowest BCUT2D eigenvalue weighted by atomic mass is 10.2. The van der Waals surface area contributed by atoms with Crippen LogP contribution in [0.3, 0.4) is 0 Å². The van der Waals surface area contributed by atoms with Gasteiger partial charge in [0.15, 0.2) is 11.6 Å². The fourth-order valence-corrected chi connectivity index (χ4v) is 2.67. The molecule has 0 radical (unpaired) electrons. The lowest BCUT2D eigenvalue weighted by Crippen LogP contribution is -2.08. The van der Waals surface area contributed by atoms with E-state index in [9.17, 15) is 4.39 Å². The van der Waals surface area contributed by atoms with Crippen molar-refractivity contribution in [3.8, 4) is 17.1 Å². The van der Waals surface area contributed by atoms with Crippen LogP contribution < -0.4 is 5.73 Å². The topological polar surface area (TPSA) is 56.7 Å². The summed E-state index contributed by atoms with van der Waals surface area (Å²) in [4.78, 5) is 0. The highest BCUT2D eigenvalue weighted by molar-refractivity contribution is 9.10. The molecule has 0 amide bonds. The van der Waals surface area contributed by atoms with Crippen LogP contribution in [0.5, 0.6) is 0 Å². The minimum atomic E-state index is -0.310. The van der Waals surface area contributed by atoms with E-state index in [0.717, 1.165) is 11.3 Å². The fraction of sp³-hybridized carbons (Fsp3) is 0.0667. The third kappa shape index (κ3) is 2.59. The molecule has 0 atom stereocenters. The number of para-hydroxylation sites is 1. The molecule has 0 saturated heterocycles. The van der Waals surface area contributed by atoms with E-state index in [0.29, 0.717) is 16.1 Å². The summed E-state index contributed by atoms with van der Waals surface area (Å²) in [5.74, 6) is 0.955. The third-order valence-corrected chi connectivity index (χ3v) is 3.76. The minimum Gasteiger partial charge on any atom is -0.324 e. The van der Waals surface area contributed by atoms with Crippen molar-refractivity contribution in [2.45, 2.75) is 6.54 Å². The number of nitrogens with two attached hydrogens (primary N) is 1. The van der Waals surface area contributed by atoms with Gasteiger partial charge >= 0.3 is 0 Å². The van der Waals surface area contributed by atoms with Crippen LogP contribution in [-0.4, -0.2) is 14.8 Å². The van der Waals surface area contributed by atoms with Crippen molar-refractivity contribution < 1.29 is 4.39 Å². The van der Waals surface area contributed by atoms with E-state index in [1.54, 1.807) is 6.07 Å². The molecule has 2 N–H and O–H groups in total. The Bertz CT molecular complexity index is 771. The monoisotopic (exact) mass is 346 g/mol. The molecule has 1 heterocycles. The molecule has 1 aromatic heterocycles. The van der Waals surface area contributed by atoms with E-state index in [1.807, 2.05) is 34.9 Å². The Morgan fingerprint density at radius 1 is 1.10 bits per heavy atom. The SMILES string of the molecule is NCc1nnc(-c2ccc(F)cc2Br)n1-c1ccccc1. The van der Waals surface area contributed by atoms with Crippen molar-refractivity contribution in [3.05, 3.63) is 64.6 Å². The van der Waals surface area contributed by atoms with Gasteiger partial charge in [-0.25, -0.2) is 4.39 Å². The van der Waals surface area contributed by atoms with Gasteiger partial charge in [0.2, 0.25) is 0 Å². The molecule has 0 fully saturated rings. The van der Waals surface area contributed by atoms with Gasteiger partial charge < -0.3 is 5.73 Å². The zero-order chi connectivity index (χ0) is 14.8. The summed E-state index contributed by atoms with van der Waals surface area (Å²) in [6.07, 6.45) is 0. The van der Waals surface area contributed by atoms with E-state index < -0.39 is 0 Å². The van der Waals surface area contributed by atoms with Gasteiger partial charge in [0.25, 0.3) is 0 Å². The van der Waals surface area contributed by atoms with Crippen LogP contribution in [0.1, 0.15) is 5.82 Å². The third-order valence-electron chi connectivity index (χ3n) is 3.10. The van der Waals surface area contributed by atoms with Crippen molar-refractivity contribution >= 4 is 15.9 Å². The number of hydrogen-bond acceptors (Lipinski definition) is 3. The van der Waals surface area contributed by atoms with Crippen LogP contribution in [0.15, 0.2) is 53.0 Å². The maximum absolute atomic E-state index is 13.3. The number of halogens is 2. The first-order chi connectivity index (χ1) is 10.2. The minimum absolute atomic E-state index is 0.265. The highest BCUT2D eigenvalue weighted by Gasteiger charge is 2.16. The molecule has 0 aliphatic heterocycles. The smallest absolute Gasteiger partial charge is 0.169 e. The van der Waals surface area contributed by atoms with Crippen LogP contribution in [0.25, 0.3) is 17.1 Å².